The van der Waals surface area contributed by atoms with Crippen molar-refractivity contribution in [3.05, 3.63) is 35.4 Å². The molecule has 0 N–H and O–H groups in total. The van der Waals surface area contributed by atoms with Crippen LogP contribution in [-0.4, -0.2) is 11.7 Å². The Bertz CT molecular complexity index is 372. The predicted octanol–water partition coefficient (Wildman–Crippen LogP) is 3.06. The summed E-state index contributed by atoms with van der Waals surface area (Å²) in [6.45, 7) is 1.96. The third-order valence-electron chi connectivity index (χ3n) is 3.05. The molecule has 74 valence electrons. The topological polar surface area (TPSA) is 17.1 Å². The van der Waals surface area contributed by atoms with Crippen molar-refractivity contribution in [1.82, 2.24) is 0 Å². The number of carbonyl (C=O) groups excluding carboxylic acids is 1. The van der Waals surface area contributed by atoms with Crippen LogP contribution in [0.5, 0.6) is 0 Å². The Morgan fingerprint density at radius 3 is 2.86 bits per heavy atom. The maximum Gasteiger partial charge on any atom is 0.170 e. The molecular formula is C12H13ClO. The second-order valence-electron chi connectivity index (χ2n) is 4.18. The van der Waals surface area contributed by atoms with Gasteiger partial charge in [-0.3, -0.25) is 4.79 Å². The van der Waals surface area contributed by atoms with Crippen LogP contribution in [0.3, 0.4) is 0 Å². The molecule has 0 saturated carbocycles. The molecule has 1 aromatic carbocycles. The SMILES string of the molecule is CC1(CCl)CCc2ccccc2C1=O. The summed E-state index contributed by atoms with van der Waals surface area (Å²) in [4.78, 5) is 12.1. The standard InChI is InChI=1S/C12H13ClO/c1-12(8-13)7-6-9-4-2-3-5-10(9)11(12)14/h2-5H,6-8H2,1H3. The zero-order valence-corrected chi connectivity index (χ0v) is 8.97. The first-order valence-corrected chi connectivity index (χ1v) is 5.39. The Labute approximate surface area is 89.1 Å². The monoisotopic (exact) mass is 208 g/mol. The van der Waals surface area contributed by atoms with Gasteiger partial charge in [0, 0.05) is 16.9 Å². The van der Waals surface area contributed by atoms with Gasteiger partial charge in [-0.2, -0.15) is 0 Å². The molecular weight excluding hydrogens is 196 g/mol. The Morgan fingerprint density at radius 2 is 2.14 bits per heavy atom. The van der Waals surface area contributed by atoms with Crippen molar-refractivity contribution < 1.29 is 4.79 Å². The first-order chi connectivity index (χ1) is 6.67. The quantitative estimate of drug-likeness (QED) is 0.649. The van der Waals surface area contributed by atoms with Gasteiger partial charge in [-0.05, 0) is 18.4 Å². The van der Waals surface area contributed by atoms with Crippen molar-refractivity contribution in [2.75, 3.05) is 5.88 Å². The summed E-state index contributed by atoms with van der Waals surface area (Å²) in [5, 5.41) is 0. The minimum atomic E-state index is -0.351. The number of alkyl halides is 1. The lowest BCUT2D eigenvalue weighted by Gasteiger charge is -2.31. The summed E-state index contributed by atoms with van der Waals surface area (Å²) in [6, 6.07) is 7.83. The fourth-order valence-corrected chi connectivity index (χ4v) is 2.19. The van der Waals surface area contributed by atoms with E-state index in [1.54, 1.807) is 0 Å². The Morgan fingerprint density at radius 1 is 1.43 bits per heavy atom. The highest BCUT2D eigenvalue weighted by Crippen LogP contribution is 2.35. The number of hydrogen-bond acceptors (Lipinski definition) is 1. The van der Waals surface area contributed by atoms with Crippen molar-refractivity contribution >= 4 is 17.4 Å². The lowest BCUT2D eigenvalue weighted by Crippen LogP contribution is -2.34. The molecule has 0 aromatic heterocycles. The van der Waals surface area contributed by atoms with Gasteiger partial charge in [0.05, 0.1) is 0 Å². The van der Waals surface area contributed by atoms with Gasteiger partial charge in [-0.15, -0.1) is 11.6 Å². The summed E-state index contributed by atoms with van der Waals surface area (Å²) < 4.78 is 0. The summed E-state index contributed by atoms with van der Waals surface area (Å²) >= 11 is 5.86. The molecule has 1 aliphatic carbocycles. The van der Waals surface area contributed by atoms with E-state index in [0.29, 0.717) is 5.88 Å². The van der Waals surface area contributed by atoms with Crippen LogP contribution in [-0.2, 0) is 6.42 Å². The van der Waals surface area contributed by atoms with Crippen LogP contribution in [0.1, 0.15) is 29.3 Å². The molecule has 0 spiro atoms. The zero-order chi connectivity index (χ0) is 10.2. The number of halogens is 1. The van der Waals surface area contributed by atoms with E-state index in [0.717, 1.165) is 18.4 Å². The number of Topliss-reactive ketones (excluding diaryl/α,β-unsaturated/α-hetero) is 1. The highest BCUT2D eigenvalue weighted by molar-refractivity contribution is 6.21. The van der Waals surface area contributed by atoms with Crippen LogP contribution in [0.25, 0.3) is 0 Å². The van der Waals surface area contributed by atoms with E-state index in [1.807, 2.05) is 31.2 Å². The molecule has 0 heterocycles. The Kier molecular flexibility index (Phi) is 2.36. The minimum absolute atomic E-state index is 0.203. The van der Waals surface area contributed by atoms with Crippen molar-refractivity contribution in [1.29, 1.82) is 0 Å². The molecule has 1 nitrogen and oxygen atoms in total. The highest BCUT2D eigenvalue weighted by Gasteiger charge is 2.37. The van der Waals surface area contributed by atoms with E-state index in [4.69, 9.17) is 11.6 Å². The van der Waals surface area contributed by atoms with Gasteiger partial charge in [0.1, 0.15) is 0 Å². The number of hydrogen-bond donors (Lipinski definition) is 0. The molecule has 14 heavy (non-hydrogen) atoms. The highest BCUT2D eigenvalue weighted by atomic mass is 35.5. The van der Waals surface area contributed by atoms with Crippen LogP contribution in [0.2, 0.25) is 0 Å². The normalized spacial score (nSPS) is 26.0. The molecule has 1 unspecified atom stereocenters. The van der Waals surface area contributed by atoms with Gasteiger partial charge in [0.2, 0.25) is 0 Å². The summed E-state index contributed by atoms with van der Waals surface area (Å²) in [5.41, 5.74) is 1.68. The van der Waals surface area contributed by atoms with Gasteiger partial charge in [-0.1, -0.05) is 31.2 Å². The number of fused-ring (bicyclic) bond motifs is 1. The second kappa shape index (κ2) is 3.39. The fourth-order valence-electron chi connectivity index (χ4n) is 1.94. The van der Waals surface area contributed by atoms with E-state index in [-0.39, 0.29) is 11.2 Å². The van der Waals surface area contributed by atoms with Crippen LogP contribution < -0.4 is 0 Å². The summed E-state index contributed by atoms with van der Waals surface area (Å²) in [6.07, 6.45) is 1.83. The third kappa shape index (κ3) is 1.36. The largest absolute Gasteiger partial charge is 0.294 e. The Balaban J connectivity index is 2.46. The molecule has 2 heteroatoms. The third-order valence-corrected chi connectivity index (χ3v) is 3.64. The molecule has 1 atom stereocenters. The predicted molar refractivity (Wildman–Crippen MR) is 57.9 cm³/mol. The van der Waals surface area contributed by atoms with Crippen LogP contribution in [0.15, 0.2) is 24.3 Å². The van der Waals surface area contributed by atoms with Crippen molar-refractivity contribution in [2.45, 2.75) is 19.8 Å². The zero-order valence-electron chi connectivity index (χ0n) is 8.22. The first-order valence-electron chi connectivity index (χ1n) is 4.86. The van der Waals surface area contributed by atoms with E-state index in [9.17, 15) is 4.79 Å². The van der Waals surface area contributed by atoms with Gasteiger partial charge in [0.15, 0.2) is 5.78 Å². The first kappa shape index (κ1) is 9.72. The lowest BCUT2D eigenvalue weighted by molar-refractivity contribution is 0.0816. The summed E-state index contributed by atoms with van der Waals surface area (Å²) in [5.74, 6) is 0.620. The van der Waals surface area contributed by atoms with Gasteiger partial charge in [-0.25, -0.2) is 0 Å². The number of ketones is 1. The van der Waals surface area contributed by atoms with E-state index in [1.165, 1.54) is 5.56 Å². The van der Waals surface area contributed by atoms with Crippen molar-refractivity contribution in [3.8, 4) is 0 Å². The maximum atomic E-state index is 12.1. The van der Waals surface area contributed by atoms with Gasteiger partial charge < -0.3 is 0 Å². The summed E-state index contributed by atoms with van der Waals surface area (Å²) in [7, 11) is 0. The number of aryl methyl sites for hydroxylation is 1. The molecule has 0 radical (unpaired) electrons. The van der Waals surface area contributed by atoms with Gasteiger partial charge >= 0.3 is 0 Å². The number of benzene rings is 1. The molecule has 1 aliphatic rings. The average molecular weight is 209 g/mol. The van der Waals surface area contributed by atoms with E-state index < -0.39 is 0 Å². The minimum Gasteiger partial charge on any atom is -0.294 e. The number of carbonyl (C=O) groups is 1. The van der Waals surface area contributed by atoms with Crippen molar-refractivity contribution in [2.24, 2.45) is 5.41 Å². The van der Waals surface area contributed by atoms with Crippen LogP contribution in [0, 0.1) is 5.41 Å². The number of rotatable bonds is 1. The van der Waals surface area contributed by atoms with Crippen LogP contribution in [0.4, 0.5) is 0 Å². The van der Waals surface area contributed by atoms with Gasteiger partial charge in [0.25, 0.3) is 0 Å². The molecule has 0 amide bonds. The molecule has 0 aliphatic heterocycles. The van der Waals surface area contributed by atoms with Crippen LogP contribution >= 0.6 is 11.6 Å². The molecule has 0 saturated heterocycles. The molecule has 1 aromatic rings. The van der Waals surface area contributed by atoms with Crippen molar-refractivity contribution in [3.63, 3.8) is 0 Å². The van der Waals surface area contributed by atoms with E-state index in [2.05, 4.69) is 0 Å². The average Bonchev–Trinajstić information content (AvgIpc) is 2.24. The maximum absolute atomic E-state index is 12.1. The molecule has 0 fully saturated rings. The second-order valence-corrected chi connectivity index (χ2v) is 4.45. The smallest absolute Gasteiger partial charge is 0.170 e. The van der Waals surface area contributed by atoms with E-state index >= 15 is 0 Å². The lowest BCUT2D eigenvalue weighted by atomic mass is 9.73. The fraction of sp³-hybridized carbons (Fsp3) is 0.417. The molecule has 0 bridgehead atoms. The Hall–Kier alpha value is -0.820. The molecule has 2 rings (SSSR count).